The van der Waals surface area contributed by atoms with Crippen LogP contribution in [0.15, 0.2) is 52.0 Å². The Hall–Kier alpha value is -2.39. The lowest BCUT2D eigenvalue weighted by Crippen LogP contribution is -2.40. The first-order valence-electron chi connectivity index (χ1n) is 11.7. The van der Waals surface area contributed by atoms with E-state index in [2.05, 4.69) is 36.9 Å². The van der Waals surface area contributed by atoms with Gasteiger partial charge in [-0.3, -0.25) is 0 Å². The van der Waals surface area contributed by atoms with Gasteiger partial charge in [0.15, 0.2) is 0 Å². The molecule has 3 aromatic rings. The molecule has 34 heavy (non-hydrogen) atoms. The molecule has 2 heterocycles. The number of β-amino-alcohol motifs (C(OH)–C–C–N with tert-alkyl or cyclic N) is 1. The average molecular weight is 487 g/mol. The molecule has 0 bridgehead atoms. The third-order valence-electron chi connectivity index (χ3n) is 6.72. The van der Waals surface area contributed by atoms with Gasteiger partial charge in [-0.1, -0.05) is 24.3 Å². The molecule has 1 N–H and O–H groups in total. The highest BCUT2D eigenvalue weighted by Gasteiger charge is 2.25. The second kappa shape index (κ2) is 10.1. The van der Waals surface area contributed by atoms with Gasteiger partial charge in [-0.15, -0.1) is 0 Å². The molecule has 1 aromatic heterocycles. The monoisotopic (exact) mass is 486 g/mol. The molecule has 2 aromatic carbocycles. The molecular formula is C26H34N2O5S. The van der Waals surface area contributed by atoms with E-state index in [4.69, 9.17) is 9.15 Å². The van der Waals surface area contributed by atoms with Crippen LogP contribution in [-0.4, -0.2) is 69.2 Å². The Balaban J connectivity index is 1.32. The van der Waals surface area contributed by atoms with Crippen molar-refractivity contribution in [2.75, 3.05) is 40.3 Å². The summed E-state index contributed by atoms with van der Waals surface area (Å²) in [6, 6.07) is 13.4. The first-order valence-corrected chi connectivity index (χ1v) is 13.1. The zero-order valence-corrected chi connectivity index (χ0v) is 21.1. The van der Waals surface area contributed by atoms with E-state index in [1.54, 1.807) is 18.2 Å². The maximum Gasteiger partial charge on any atom is 0.275 e. The van der Waals surface area contributed by atoms with Crippen molar-refractivity contribution in [3.05, 3.63) is 59.2 Å². The minimum atomic E-state index is -3.68. The third kappa shape index (κ3) is 5.30. The van der Waals surface area contributed by atoms with Crippen molar-refractivity contribution >= 4 is 21.0 Å². The molecule has 1 saturated heterocycles. The fraction of sp³-hybridized carbons (Fsp3) is 0.462. The van der Waals surface area contributed by atoms with Crippen LogP contribution in [0.4, 0.5) is 0 Å². The number of likely N-dealkylation sites (tertiary alicyclic amines) is 1. The maximum absolute atomic E-state index is 12.4. The van der Waals surface area contributed by atoms with Crippen molar-refractivity contribution in [2.24, 2.45) is 0 Å². The normalized spacial score (nSPS) is 16.9. The molecule has 8 heteroatoms. The number of nitrogens with zero attached hydrogens (tertiary/aromatic N) is 2. The number of aryl methyl sites for hydroxylation is 2. The third-order valence-corrected chi connectivity index (χ3v) is 8.40. The van der Waals surface area contributed by atoms with Gasteiger partial charge in [0, 0.05) is 26.7 Å². The van der Waals surface area contributed by atoms with Crippen molar-refractivity contribution in [3.8, 4) is 5.75 Å². The number of sulfonamides is 1. The molecule has 0 saturated carbocycles. The van der Waals surface area contributed by atoms with E-state index in [0.717, 1.165) is 30.2 Å². The molecule has 0 amide bonds. The van der Waals surface area contributed by atoms with Crippen molar-refractivity contribution < 1.29 is 22.7 Å². The molecule has 1 unspecified atom stereocenters. The lowest BCUT2D eigenvalue weighted by Gasteiger charge is -2.33. The molecule has 1 fully saturated rings. The standard InChI is InChI=1S/C26H34N2O5S/c1-18-8-9-21(14-19(18)2)20-10-12-28(13-11-20)16-22(29)17-32-24-6-5-7-25-23(24)15-26(33-25)34(30,31)27(3)4/h5-9,14-15,20,22,29H,10-13,16-17H2,1-4H3. The fourth-order valence-electron chi connectivity index (χ4n) is 4.45. The van der Waals surface area contributed by atoms with Gasteiger partial charge in [0.2, 0.25) is 5.09 Å². The van der Waals surface area contributed by atoms with Crippen LogP contribution in [0.5, 0.6) is 5.75 Å². The molecule has 0 aliphatic carbocycles. The predicted molar refractivity (Wildman–Crippen MR) is 133 cm³/mol. The first kappa shape index (κ1) is 24.7. The molecule has 1 atom stereocenters. The largest absolute Gasteiger partial charge is 0.490 e. The van der Waals surface area contributed by atoms with Crippen LogP contribution in [0.1, 0.15) is 35.4 Å². The maximum atomic E-state index is 12.4. The minimum absolute atomic E-state index is 0.122. The molecule has 4 rings (SSSR count). The summed E-state index contributed by atoms with van der Waals surface area (Å²) < 4.78 is 37.3. The smallest absolute Gasteiger partial charge is 0.275 e. The zero-order chi connectivity index (χ0) is 24.5. The molecular weight excluding hydrogens is 452 g/mol. The van der Waals surface area contributed by atoms with E-state index in [-0.39, 0.29) is 11.7 Å². The molecule has 1 aliphatic heterocycles. The highest BCUT2D eigenvalue weighted by atomic mass is 32.2. The van der Waals surface area contributed by atoms with Crippen LogP contribution < -0.4 is 4.74 Å². The average Bonchev–Trinajstić information content (AvgIpc) is 3.26. The van der Waals surface area contributed by atoms with Crippen LogP contribution in [-0.2, 0) is 10.0 Å². The summed E-state index contributed by atoms with van der Waals surface area (Å²) in [4.78, 5) is 2.28. The Bertz CT molecular complexity index is 1240. The molecule has 184 valence electrons. The van der Waals surface area contributed by atoms with Crippen LogP contribution in [0.3, 0.4) is 0 Å². The van der Waals surface area contributed by atoms with Gasteiger partial charge in [-0.2, -0.15) is 0 Å². The van der Waals surface area contributed by atoms with Gasteiger partial charge in [-0.05, 0) is 74.5 Å². The zero-order valence-electron chi connectivity index (χ0n) is 20.3. The number of aliphatic hydroxyl groups is 1. The summed E-state index contributed by atoms with van der Waals surface area (Å²) in [6.45, 7) is 6.85. The number of rotatable bonds is 8. The van der Waals surface area contributed by atoms with Gasteiger partial charge in [0.1, 0.15) is 24.0 Å². The number of hydrogen-bond donors (Lipinski definition) is 1. The molecule has 1 aliphatic rings. The van der Waals surface area contributed by atoms with E-state index in [9.17, 15) is 13.5 Å². The van der Waals surface area contributed by atoms with Crippen molar-refractivity contribution in [1.29, 1.82) is 0 Å². The number of ether oxygens (including phenoxy) is 1. The van der Waals surface area contributed by atoms with Gasteiger partial charge >= 0.3 is 0 Å². The Kier molecular flexibility index (Phi) is 7.33. The van der Waals surface area contributed by atoms with E-state index in [1.165, 1.54) is 36.9 Å². The van der Waals surface area contributed by atoms with E-state index < -0.39 is 16.1 Å². The first-order chi connectivity index (χ1) is 16.1. The highest BCUT2D eigenvalue weighted by molar-refractivity contribution is 7.89. The Labute approximate surface area is 202 Å². The summed E-state index contributed by atoms with van der Waals surface area (Å²) in [5, 5.41) is 11.0. The number of aliphatic hydroxyl groups excluding tert-OH is 1. The van der Waals surface area contributed by atoms with Gasteiger partial charge in [0.25, 0.3) is 10.0 Å². The summed E-state index contributed by atoms with van der Waals surface area (Å²) in [5.74, 6) is 1.06. The van der Waals surface area contributed by atoms with Crippen molar-refractivity contribution in [3.63, 3.8) is 0 Å². The van der Waals surface area contributed by atoms with E-state index >= 15 is 0 Å². The number of piperidine rings is 1. The fourth-order valence-corrected chi connectivity index (χ4v) is 5.27. The second-order valence-corrected chi connectivity index (χ2v) is 11.5. The van der Waals surface area contributed by atoms with Gasteiger partial charge in [0.05, 0.1) is 5.39 Å². The molecule has 7 nitrogen and oxygen atoms in total. The summed E-state index contributed by atoms with van der Waals surface area (Å²) in [7, 11) is -0.762. The number of hydrogen-bond acceptors (Lipinski definition) is 6. The highest BCUT2D eigenvalue weighted by Crippen LogP contribution is 2.32. The summed E-state index contributed by atoms with van der Waals surface area (Å²) >= 11 is 0. The van der Waals surface area contributed by atoms with Crippen LogP contribution in [0.2, 0.25) is 0 Å². The lowest BCUT2D eigenvalue weighted by atomic mass is 9.88. The summed E-state index contributed by atoms with van der Waals surface area (Å²) in [5.41, 5.74) is 4.51. The van der Waals surface area contributed by atoms with Crippen molar-refractivity contribution in [2.45, 2.75) is 43.8 Å². The quantitative estimate of drug-likeness (QED) is 0.520. The van der Waals surface area contributed by atoms with Gasteiger partial charge < -0.3 is 19.2 Å². The second-order valence-electron chi connectivity index (χ2n) is 9.40. The Morgan fingerprint density at radius 2 is 1.85 bits per heavy atom. The van der Waals surface area contributed by atoms with E-state index in [0.29, 0.717) is 29.2 Å². The topological polar surface area (TPSA) is 83.2 Å². The number of furan rings is 1. The van der Waals surface area contributed by atoms with Crippen molar-refractivity contribution in [1.82, 2.24) is 9.21 Å². The van der Waals surface area contributed by atoms with Gasteiger partial charge in [-0.25, -0.2) is 12.7 Å². The lowest BCUT2D eigenvalue weighted by molar-refractivity contribution is 0.0599. The van der Waals surface area contributed by atoms with E-state index in [1.807, 2.05) is 0 Å². The minimum Gasteiger partial charge on any atom is -0.490 e. The predicted octanol–water partition coefficient (Wildman–Crippen LogP) is 3.92. The Morgan fingerprint density at radius 1 is 1.12 bits per heavy atom. The SMILES string of the molecule is Cc1ccc(C2CCN(CC(O)COc3cccc4oc(S(=O)(=O)N(C)C)cc34)CC2)cc1C. The number of benzene rings is 2. The molecule has 0 spiro atoms. The van der Waals surface area contributed by atoms with Crippen LogP contribution in [0, 0.1) is 13.8 Å². The Morgan fingerprint density at radius 3 is 2.53 bits per heavy atom. The van der Waals surface area contributed by atoms with Crippen LogP contribution in [0.25, 0.3) is 11.0 Å². The summed E-state index contributed by atoms with van der Waals surface area (Å²) in [6.07, 6.45) is 1.51. The van der Waals surface area contributed by atoms with Crippen LogP contribution >= 0.6 is 0 Å². The molecule has 0 radical (unpaired) electrons. The number of fused-ring (bicyclic) bond motifs is 1.